The average molecular weight is 244 g/mol. The molecule has 0 spiro atoms. The average Bonchev–Trinajstić information content (AvgIpc) is 2.53. The molecule has 0 aromatic heterocycles. The minimum atomic E-state index is -1.05. The fraction of sp³-hybridized carbons (Fsp3) is 0.267. The van der Waals surface area contributed by atoms with Crippen LogP contribution in [0, 0.1) is 5.92 Å². The summed E-state index contributed by atoms with van der Waals surface area (Å²) in [4.78, 5) is 11.7. The highest BCUT2D eigenvalue weighted by molar-refractivity contribution is 5.94. The molecule has 1 aromatic rings. The van der Waals surface area contributed by atoms with Gasteiger partial charge in [-0.2, -0.15) is 0 Å². The van der Waals surface area contributed by atoms with Crippen molar-refractivity contribution >= 4 is 5.78 Å². The van der Waals surface area contributed by atoms with Gasteiger partial charge in [-0.1, -0.05) is 36.4 Å². The second-order valence-corrected chi connectivity index (χ2v) is 4.28. The SMILES string of the molecule is COC1=CC=CC(=O)C(O)C1Cc1ccccc1. The van der Waals surface area contributed by atoms with Gasteiger partial charge in [0.1, 0.15) is 11.9 Å². The summed E-state index contributed by atoms with van der Waals surface area (Å²) in [7, 11) is 1.56. The Morgan fingerprint density at radius 3 is 2.67 bits per heavy atom. The molecule has 2 atom stereocenters. The second-order valence-electron chi connectivity index (χ2n) is 4.28. The van der Waals surface area contributed by atoms with E-state index in [0.717, 1.165) is 5.56 Å². The summed E-state index contributed by atoms with van der Waals surface area (Å²) in [6.07, 6.45) is 4.27. The predicted molar refractivity (Wildman–Crippen MR) is 68.9 cm³/mol. The Hall–Kier alpha value is -1.87. The summed E-state index contributed by atoms with van der Waals surface area (Å²) in [5, 5.41) is 10.1. The monoisotopic (exact) mass is 244 g/mol. The number of benzene rings is 1. The Labute approximate surface area is 106 Å². The zero-order valence-electron chi connectivity index (χ0n) is 10.2. The number of hydrogen-bond donors (Lipinski definition) is 1. The van der Waals surface area contributed by atoms with Gasteiger partial charge in [-0.05, 0) is 24.1 Å². The predicted octanol–water partition coefficient (Wildman–Crippen LogP) is 1.88. The van der Waals surface area contributed by atoms with E-state index in [1.165, 1.54) is 6.08 Å². The molecular weight excluding hydrogens is 228 g/mol. The zero-order valence-corrected chi connectivity index (χ0v) is 10.2. The molecule has 0 bridgehead atoms. The molecule has 0 amide bonds. The zero-order chi connectivity index (χ0) is 13.0. The Bertz CT molecular complexity index is 474. The first-order valence-corrected chi connectivity index (χ1v) is 5.90. The van der Waals surface area contributed by atoms with Gasteiger partial charge in [0.25, 0.3) is 0 Å². The van der Waals surface area contributed by atoms with Gasteiger partial charge in [-0.15, -0.1) is 0 Å². The van der Waals surface area contributed by atoms with Crippen LogP contribution >= 0.6 is 0 Å². The molecule has 3 heteroatoms. The number of ether oxygens (including phenoxy) is 1. The smallest absolute Gasteiger partial charge is 0.184 e. The Morgan fingerprint density at radius 2 is 2.00 bits per heavy atom. The lowest BCUT2D eigenvalue weighted by molar-refractivity contribution is -0.124. The Morgan fingerprint density at radius 1 is 1.28 bits per heavy atom. The quantitative estimate of drug-likeness (QED) is 0.883. The van der Waals surface area contributed by atoms with E-state index in [9.17, 15) is 9.90 Å². The van der Waals surface area contributed by atoms with Crippen molar-refractivity contribution in [3.63, 3.8) is 0 Å². The van der Waals surface area contributed by atoms with Crippen molar-refractivity contribution in [2.24, 2.45) is 5.92 Å². The van der Waals surface area contributed by atoms with E-state index in [1.807, 2.05) is 30.3 Å². The summed E-state index contributed by atoms with van der Waals surface area (Å²) >= 11 is 0. The van der Waals surface area contributed by atoms with Gasteiger partial charge < -0.3 is 9.84 Å². The normalized spacial score (nSPS) is 23.4. The van der Waals surface area contributed by atoms with Crippen molar-refractivity contribution in [2.45, 2.75) is 12.5 Å². The van der Waals surface area contributed by atoms with Crippen LogP contribution in [0.3, 0.4) is 0 Å². The van der Waals surface area contributed by atoms with Gasteiger partial charge >= 0.3 is 0 Å². The van der Waals surface area contributed by atoms with Crippen LogP contribution < -0.4 is 0 Å². The van der Waals surface area contributed by atoms with Crippen LogP contribution in [0.5, 0.6) is 0 Å². The molecule has 1 aromatic carbocycles. The first-order valence-electron chi connectivity index (χ1n) is 5.90. The summed E-state index contributed by atoms with van der Waals surface area (Å²) < 4.78 is 5.27. The fourth-order valence-electron chi connectivity index (χ4n) is 2.11. The number of aliphatic hydroxyl groups is 1. The number of rotatable bonds is 3. The third-order valence-electron chi connectivity index (χ3n) is 3.09. The van der Waals surface area contributed by atoms with Gasteiger partial charge in [-0.3, -0.25) is 4.79 Å². The summed E-state index contributed by atoms with van der Waals surface area (Å²) in [5.41, 5.74) is 1.07. The number of carbonyl (C=O) groups excluding carboxylic acids is 1. The second kappa shape index (κ2) is 5.65. The third kappa shape index (κ3) is 2.68. The molecule has 0 heterocycles. The number of allylic oxidation sites excluding steroid dienone is 2. The standard InChI is InChI=1S/C15H16O3/c1-18-14-9-5-8-13(16)15(17)12(14)10-11-6-3-2-4-7-11/h2-9,12,15,17H,10H2,1H3. The van der Waals surface area contributed by atoms with Crippen LogP contribution in [0.4, 0.5) is 0 Å². The topological polar surface area (TPSA) is 46.5 Å². The molecule has 0 aliphatic heterocycles. The molecule has 0 saturated heterocycles. The highest BCUT2D eigenvalue weighted by Crippen LogP contribution is 2.24. The first-order chi connectivity index (χ1) is 8.72. The van der Waals surface area contributed by atoms with Crippen molar-refractivity contribution in [3.05, 3.63) is 59.9 Å². The molecule has 0 fully saturated rings. The van der Waals surface area contributed by atoms with Gasteiger partial charge in [0.2, 0.25) is 0 Å². The maximum absolute atomic E-state index is 11.7. The van der Waals surface area contributed by atoms with Crippen molar-refractivity contribution in [1.82, 2.24) is 0 Å². The lowest BCUT2D eigenvalue weighted by Crippen LogP contribution is -2.31. The lowest BCUT2D eigenvalue weighted by Gasteiger charge is -2.22. The highest BCUT2D eigenvalue weighted by Gasteiger charge is 2.30. The van der Waals surface area contributed by atoms with E-state index >= 15 is 0 Å². The molecule has 18 heavy (non-hydrogen) atoms. The third-order valence-corrected chi connectivity index (χ3v) is 3.09. The number of ketones is 1. The molecule has 0 radical (unpaired) electrons. The molecule has 1 aliphatic carbocycles. The van der Waals surface area contributed by atoms with Crippen molar-refractivity contribution in [2.75, 3.05) is 7.11 Å². The molecule has 1 N–H and O–H groups in total. The number of methoxy groups -OCH3 is 1. The minimum Gasteiger partial charge on any atom is -0.501 e. The lowest BCUT2D eigenvalue weighted by atomic mass is 9.90. The maximum Gasteiger partial charge on any atom is 0.184 e. The summed E-state index contributed by atoms with van der Waals surface area (Å²) in [5.74, 6) is 0.0209. The molecule has 2 unspecified atom stereocenters. The van der Waals surface area contributed by atoms with Crippen LogP contribution in [0.2, 0.25) is 0 Å². The molecule has 1 aliphatic rings. The van der Waals surface area contributed by atoms with E-state index in [-0.39, 0.29) is 11.7 Å². The van der Waals surface area contributed by atoms with E-state index < -0.39 is 6.10 Å². The molecule has 3 nitrogen and oxygen atoms in total. The van der Waals surface area contributed by atoms with Crippen molar-refractivity contribution in [1.29, 1.82) is 0 Å². The van der Waals surface area contributed by atoms with Crippen LogP contribution in [-0.4, -0.2) is 24.1 Å². The van der Waals surface area contributed by atoms with Crippen LogP contribution in [0.15, 0.2) is 54.3 Å². The van der Waals surface area contributed by atoms with Gasteiger partial charge in [0.05, 0.1) is 13.0 Å². The van der Waals surface area contributed by atoms with Gasteiger partial charge in [0.15, 0.2) is 5.78 Å². The van der Waals surface area contributed by atoms with E-state index in [4.69, 9.17) is 4.74 Å². The summed E-state index contributed by atoms with van der Waals surface area (Å²) in [6, 6.07) is 9.77. The molecule has 94 valence electrons. The Kier molecular flexibility index (Phi) is 3.95. The van der Waals surface area contributed by atoms with Gasteiger partial charge in [0, 0.05) is 0 Å². The van der Waals surface area contributed by atoms with Gasteiger partial charge in [-0.25, -0.2) is 0 Å². The minimum absolute atomic E-state index is 0.278. The fourth-order valence-corrected chi connectivity index (χ4v) is 2.11. The Balaban J connectivity index is 2.24. The van der Waals surface area contributed by atoms with Crippen molar-refractivity contribution < 1.29 is 14.6 Å². The van der Waals surface area contributed by atoms with E-state index in [2.05, 4.69) is 0 Å². The first kappa shape index (κ1) is 12.6. The molecule has 2 rings (SSSR count). The summed E-state index contributed by atoms with van der Waals surface area (Å²) in [6.45, 7) is 0. The molecule has 0 saturated carbocycles. The van der Waals surface area contributed by atoms with E-state index in [1.54, 1.807) is 19.3 Å². The molecular formula is C15H16O3. The van der Waals surface area contributed by atoms with Crippen molar-refractivity contribution in [3.8, 4) is 0 Å². The maximum atomic E-state index is 11.7. The van der Waals surface area contributed by atoms with Crippen LogP contribution in [0.25, 0.3) is 0 Å². The van der Waals surface area contributed by atoms with Crippen LogP contribution in [0.1, 0.15) is 5.56 Å². The van der Waals surface area contributed by atoms with Crippen LogP contribution in [-0.2, 0) is 16.0 Å². The highest BCUT2D eigenvalue weighted by atomic mass is 16.5. The largest absolute Gasteiger partial charge is 0.501 e. The number of hydrogen-bond acceptors (Lipinski definition) is 3. The van der Waals surface area contributed by atoms with E-state index in [0.29, 0.717) is 12.2 Å². The number of aliphatic hydroxyl groups excluding tert-OH is 1. The number of carbonyl (C=O) groups is 1.